The standard InChI is InChI=1S/C24H31N3O/c1-16-14-17(2)19(4)21(18(16)3)15-27-23-9-7-6-8-22(23)25-24(27)20(5)26-10-12-28-13-11-26/h6-9,14,20H,10-13,15H2,1-5H3/t20-/m0/s1. The van der Waals surface area contributed by atoms with Crippen LogP contribution in [0.3, 0.4) is 0 Å². The molecule has 148 valence electrons. The van der Waals surface area contributed by atoms with Gasteiger partial charge in [0.15, 0.2) is 0 Å². The second-order valence-electron chi connectivity index (χ2n) is 8.11. The molecule has 4 heteroatoms. The number of rotatable bonds is 4. The molecule has 3 aromatic rings. The third kappa shape index (κ3) is 3.36. The third-order valence-electron chi connectivity index (χ3n) is 6.49. The third-order valence-corrected chi connectivity index (χ3v) is 6.49. The Kier molecular flexibility index (Phi) is 5.26. The SMILES string of the molecule is Cc1cc(C)c(C)c(Cn2c([C@H](C)N3CCOCC3)nc3ccccc32)c1C. The predicted molar refractivity (Wildman–Crippen MR) is 115 cm³/mol. The second kappa shape index (κ2) is 7.69. The summed E-state index contributed by atoms with van der Waals surface area (Å²) in [6.07, 6.45) is 0. The summed E-state index contributed by atoms with van der Waals surface area (Å²) in [5, 5.41) is 0. The monoisotopic (exact) mass is 377 g/mol. The highest BCUT2D eigenvalue weighted by Gasteiger charge is 2.24. The molecule has 0 unspecified atom stereocenters. The minimum atomic E-state index is 0.266. The minimum Gasteiger partial charge on any atom is -0.379 e. The molecule has 2 heterocycles. The molecule has 0 amide bonds. The largest absolute Gasteiger partial charge is 0.379 e. The fourth-order valence-electron chi connectivity index (χ4n) is 4.40. The van der Waals surface area contributed by atoms with E-state index in [9.17, 15) is 0 Å². The van der Waals surface area contributed by atoms with Gasteiger partial charge in [0.2, 0.25) is 0 Å². The molecule has 28 heavy (non-hydrogen) atoms. The van der Waals surface area contributed by atoms with Gasteiger partial charge in [-0.25, -0.2) is 4.98 Å². The van der Waals surface area contributed by atoms with E-state index in [0.717, 1.165) is 44.2 Å². The minimum absolute atomic E-state index is 0.266. The normalized spacial score (nSPS) is 16.6. The number of ether oxygens (including phenoxy) is 1. The number of aromatic nitrogens is 2. The average Bonchev–Trinajstić information content (AvgIpc) is 3.08. The van der Waals surface area contributed by atoms with Crippen molar-refractivity contribution in [2.24, 2.45) is 0 Å². The molecule has 0 spiro atoms. The van der Waals surface area contributed by atoms with Crippen molar-refractivity contribution in [2.45, 2.75) is 47.2 Å². The van der Waals surface area contributed by atoms with Crippen molar-refractivity contribution in [3.8, 4) is 0 Å². The summed E-state index contributed by atoms with van der Waals surface area (Å²) in [6, 6.07) is 11.1. The van der Waals surface area contributed by atoms with Crippen LogP contribution in [0.4, 0.5) is 0 Å². The molecule has 1 aliphatic rings. The van der Waals surface area contributed by atoms with Crippen molar-refractivity contribution in [3.63, 3.8) is 0 Å². The van der Waals surface area contributed by atoms with Crippen LogP contribution in [0.2, 0.25) is 0 Å². The lowest BCUT2D eigenvalue weighted by molar-refractivity contribution is 0.0177. The zero-order valence-electron chi connectivity index (χ0n) is 17.7. The maximum absolute atomic E-state index is 5.56. The number of benzene rings is 2. The van der Waals surface area contributed by atoms with Crippen LogP contribution in [0.25, 0.3) is 11.0 Å². The van der Waals surface area contributed by atoms with Gasteiger partial charge in [-0.3, -0.25) is 4.90 Å². The maximum atomic E-state index is 5.56. The summed E-state index contributed by atoms with van der Waals surface area (Å²) in [4.78, 5) is 7.56. The molecule has 0 bridgehead atoms. The van der Waals surface area contributed by atoms with Crippen molar-refractivity contribution >= 4 is 11.0 Å². The van der Waals surface area contributed by atoms with Crippen LogP contribution >= 0.6 is 0 Å². The Hall–Kier alpha value is -2.17. The quantitative estimate of drug-likeness (QED) is 0.659. The zero-order chi connectivity index (χ0) is 19.8. The molecule has 4 rings (SSSR count). The van der Waals surface area contributed by atoms with Gasteiger partial charge in [-0.15, -0.1) is 0 Å². The predicted octanol–water partition coefficient (Wildman–Crippen LogP) is 4.71. The molecule has 0 N–H and O–H groups in total. The van der Waals surface area contributed by atoms with Crippen LogP contribution in [-0.4, -0.2) is 40.8 Å². The molecule has 1 atom stereocenters. The molecule has 1 aliphatic heterocycles. The van der Waals surface area contributed by atoms with E-state index in [1.807, 2.05) is 0 Å². The Labute approximate surface area is 168 Å². The van der Waals surface area contributed by atoms with Crippen molar-refractivity contribution in [2.75, 3.05) is 26.3 Å². The van der Waals surface area contributed by atoms with E-state index in [4.69, 9.17) is 9.72 Å². The molecular formula is C24H31N3O. The Balaban J connectivity index is 1.82. The van der Waals surface area contributed by atoms with E-state index in [-0.39, 0.29) is 6.04 Å². The van der Waals surface area contributed by atoms with Gasteiger partial charge in [-0.1, -0.05) is 18.2 Å². The van der Waals surface area contributed by atoms with Gasteiger partial charge in [0, 0.05) is 19.6 Å². The molecule has 1 aromatic heterocycles. The van der Waals surface area contributed by atoms with E-state index in [1.165, 1.54) is 33.3 Å². The Morgan fingerprint density at radius 1 is 1.00 bits per heavy atom. The first-order valence-electron chi connectivity index (χ1n) is 10.3. The lowest BCUT2D eigenvalue weighted by atomic mass is 9.94. The van der Waals surface area contributed by atoms with Crippen LogP contribution < -0.4 is 0 Å². The molecule has 1 fully saturated rings. The topological polar surface area (TPSA) is 30.3 Å². The van der Waals surface area contributed by atoms with Gasteiger partial charge in [0.25, 0.3) is 0 Å². The highest BCUT2D eigenvalue weighted by atomic mass is 16.5. The second-order valence-corrected chi connectivity index (χ2v) is 8.11. The molecule has 2 aromatic carbocycles. The zero-order valence-corrected chi connectivity index (χ0v) is 17.7. The molecular weight excluding hydrogens is 346 g/mol. The highest BCUT2D eigenvalue weighted by molar-refractivity contribution is 5.76. The fraction of sp³-hybridized carbons (Fsp3) is 0.458. The average molecular weight is 378 g/mol. The van der Waals surface area contributed by atoms with Crippen LogP contribution in [0.5, 0.6) is 0 Å². The maximum Gasteiger partial charge on any atom is 0.127 e. The summed E-state index contributed by atoms with van der Waals surface area (Å²) in [5.74, 6) is 1.15. The number of nitrogens with zero attached hydrogens (tertiary/aromatic N) is 3. The summed E-state index contributed by atoms with van der Waals surface area (Å²) in [5.41, 5.74) is 9.25. The first-order valence-corrected chi connectivity index (χ1v) is 10.3. The van der Waals surface area contributed by atoms with Gasteiger partial charge < -0.3 is 9.30 Å². The van der Waals surface area contributed by atoms with Crippen LogP contribution in [0.15, 0.2) is 30.3 Å². The van der Waals surface area contributed by atoms with Crippen molar-refractivity contribution < 1.29 is 4.74 Å². The van der Waals surface area contributed by atoms with Crippen LogP contribution in [0.1, 0.15) is 46.6 Å². The number of aryl methyl sites for hydroxylation is 2. The molecule has 1 saturated heterocycles. The van der Waals surface area contributed by atoms with E-state index >= 15 is 0 Å². The number of hydrogen-bond acceptors (Lipinski definition) is 3. The summed E-state index contributed by atoms with van der Waals surface area (Å²) in [7, 11) is 0. The number of para-hydroxylation sites is 2. The van der Waals surface area contributed by atoms with Crippen LogP contribution in [-0.2, 0) is 11.3 Å². The number of imidazole rings is 1. The molecule has 4 nitrogen and oxygen atoms in total. The Morgan fingerprint density at radius 3 is 2.32 bits per heavy atom. The Bertz CT molecular complexity index is 972. The van der Waals surface area contributed by atoms with Gasteiger partial charge in [-0.2, -0.15) is 0 Å². The Morgan fingerprint density at radius 2 is 1.64 bits per heavy atom. The lowest BCUT2D eigenvalue weighted by Crippen LogP contribution is -2.39. The van der Waals surface area contributed by atoms with E-state index in [0.29, 0.717) is 0 Å². The van der Waals surface area contributed by atoms with Gasteiger partial charge >= 0.3 is 0 Å². The van der Waals surface area contributed by atoms with Gasteiger partial charge in [0.05, 0.1) is 30.3 Å². The summed E-state index contributed by atoms with van der Waals surface area (Å²) < 4.78 is 7.99. The van der Waals surface area contributed by atoms with E-state index in [2.05, 4.69) is 74.4 Å². The van der Waals surface area contributed by atoms with Crippen LogP contribution in [0, 0.1) is 27.7 Å². The fourth-order valence-corrected chi connectivity index (χ4v) is 4.40. The molecule has 0 radical (unpaired) electrons. The first kappa shape index (κ1) is 19.2. The lowest BCUT2D eigenvalue weighted by Gasteiger charge is -2.32. The van der Waals surface area contributed by atoms with Gasteiger partial charge in [0.1, 0.15) is 5.82 Å². The summed E-state index contributed by atoms with van der Waals surface area (Å²) in [6.45, 7) is 15.6. The number of morpholine rings is 1. The van der Waals surface area contributed by atoms with Crippen molar-refractivity contribution in [1.29, 1.82) is 0 Å². The molecule has 0 saturated carbocycles. The van der Waals surface area contributed by atoms with Crippen molar-refractivity contribution in [3.05, 3.63) is 64.0 Å². The molecule has 0 aliphatic carbocycles. The van der Waals surface area contributed by atoms with Gasteiger partial charge in [-0.05, 0) is 74.6 Å². The smallest absolute Gasteiger partial charge is 0.127 e. The number of hydrogen-bond donors (Lipinski definition) is 0. The van der Waals surface area contributed by atoms with E-state index < -0.39 is 0 Å². The summed E-state index contributed by atoms with van der Waals surface area (Å²) >= 11 is 0. The van der Waals surface area contributed by atoms with Crippen molar-refractivity contribution in [1.82, 2.24) is 14.5 Å². The van der Waals surface area contributed by atoms with E-state index in [1.54, 1.807) is 0 Å². The first-order chi connectivity index (χ1) is 13.5. The number of fused-ring (bicyclic) bond motifs is 1. The highest BCUT2D eigenvalue weighted by Crippen LogP contribution is 2.29.